The van der Waals surface area contributed by atoms with Gasteiger partial charge in [0.15, 0.2) is 11.3 Å². The molecule has 0 saturated heterocycles. The highest BCUT2D eigenvalue weighted by molar-refractivity contribution is 6.07. The molecule has 3 aromatic heterocycles. The summed E-state index contributed by atoms with van der Waals surface area (Å²) in [6.07, 6.45) is 8.10. The lowest BCUT2D eigenvalue weighted by molar-refractivity contribution is -0.670. The smallest absolute Gasteiger partial charge is 0.314 e. The van der Waals surface area contributed by atoms with Crippen LogP contribution in [-0.2, 0) is 7.05 Å². The fourth-order valence-electron chi connectivity index (χ4n) is 5.14. The van der Waals surface area contributed by atoms with Gasteiger partial charge in [-0.15, -0.1) is 0 Å². The fourth-order valence-corrected chi connectivity index (χ4v) is 5.14. The monoisotopic (exact) mass is 690 g/mol. The Morgan fingerprint density at radius 2 is 1.30 bits per heavy atom. The Balaban J connectivity index is 0.000000169. The number of imidazole rings is 1. The number of aromatic nitrogens is 5. The van der Waals surface area contributed by atoms with E-state index < -0.39 is 0 Å². The summed E-state index contributed by atoms with van der Waals surface area (Å²) in [5, 5.41) is 7.13. The zero-order valence-corrected chi connectivity index (χ0v) is 25.7. The van der Waals surface area contributed by atoms with Crippen LogP contribution in [0.3, 0.4) is 0 Å². The van der Waals surface area contributed by atoms with Gasteiger partial charge >= 0.3 is 5.82 Å². The first-order valence-electron chi connectivity index (χ1n) is 13.9. The van der Waals surface area contributed by atoms with Gasteiger partial charge in [-0.25, -0.2) is 4.57 Å². The lowest BCUT2D eigenvalue weighted by atomic mass is 10.1. The molecule has 0 bridgehead atoms. The molecule has 0 amide bonds. The summed E-state index contributed by atoms with van der Waals surface area (Å²) in [6, 6.07) is 45.1. The molecule has 8 rings (SSSR count). The predicted molar refractivity (Wildman–Crippen MR) is 171 cm³/mol. The molecule has 0 N–H and O–H groups in total. The van der Waals surface area contributed by atoms with Gasteiger partial charge in [-0.1, -0.05) is 97.0 Å². The van der Waals surface area contributed by atoms with Crippen molar-refractivity contribution in [3.05, 3.63) is 159 Å². The van der Waals surface area contributed by atoms with Crippen LogP contribution in [0, 0.1) is 0 Å². The van der Waals surface area contributed by atoms with Crippen molar-refractivity contribution in [3.63, 3.8) is 0 Å². The lowest BCUT2D eigenvalue weighted by Gasteiger charge is -1.99. The van der Waals surface area contributed by atoms with Crippen molar-refractivity contribution < 1.29 is 37.5 Å². The lowest BCUT2D eigenvalue weighted by Crippen LogP contribution is -3.00. The van der Waals surface area contributed by atoms with Crippen molar-refractivity contribution in [1.82, 2.24) is 14.3 Å². The Hall–Kier alpha value is -5.02. The van der Waals surface area contributed by atoms with E-state index in [2.05, 4.69) is 69.8 Å². The number of hydrogen-bond donors (Lipinski definition) is 0. The number of benzene rings is 5. The van der Waals surface area contributed by atoms with Crippen LogP contribution in [0.25, 0.3) is 50.4 Å². The number of furan rings is 1. The van der Waals surface area contributed by atoms with Crippen molar-refractivity contribution >= 4 is 21.9 Å². The van der Waals surface area contributed by atoms with Gasteiger partial charge in [-0.2, -0.15) is 9.13 Å². The standard InChI is InChI=1S/C20H16N3.C16H13N2O.CH4.HI/c1-4-10-17(11-5-1)20-21-23(19-14-8-3-9-15-19)16-22(20)18-12-6-2-7-13-18;1-17-9-10-18(11-17)14-7-4-6-13-12-5-2-3-8-15(12)19-16(13)14;;/h1-16H;2-11H,1H3;1H4;1H/q2*+1;;/p-1. The Kier molecular flexibility index (Phi) is 9.35. The Bertz CT molecular complexity index is 2040. The molecule has 8 aromatic rings. The van der Waals surface area contributed by atoms with E-state index >= 15 is 0 Å². The molecule has 218 valence electrons. The van der Waals surface area contributed by atoms with Crippen molar-refractivity contribution in [2.75, 3.05) is 0 Å². The maximum atomic E-state index is 6.02. The molecule has 0 spiro atoms. The molecule has 0 radical (unpaired) electrons. The molecule has 3 heterocycles. The molecule has 0 aliphatic carbocycles. The number of nitrogens with zero attached hydrogens (tertiary/aromatic N) is 5. The number of rotatable bonds is 4. The highest BCUT2D eigenvalue weighted by Crippen LogP contribution is 2.32. The molecule has 6 nitrogen and oxygen atoms in total. The van der Waals surface area contributed by atoms with Gasteiger partial charge < -0.3 is 28.4 Å². The van der Waals surface area contributed by atoms with Crippen molar-refractivity contribution in [2.45, 2.75) is 7.43 Å². The molecule has 0 saturated carbocycles. The van der Waals surface area contributed by atoms with Crippen LogP contribution in [0.1, 0.15) is 7.43 Å². The zero-order chi connectivity index (χ0) is 28.3. The minimum atomic E-state index is 0. The third-order valence-electron chi connectivity index (χ3n) is 7.17. The van der Waals surface area contributed by atoms with Gasteiger partial charge in [0.05, 0.1) is 17.7 Å². The van der Waals surface area contributed by atoms with Crippen LogP contribution >= 0.6 is 0 Å². The first-order chi connectivity index (χ1) is 20.7. The molecule has 0 aliphatic rings. The van der Waals surface area contributed by atoms with Crippen LogP contribution in [0.5, 0.6) is 0 Å². The zero-order valence-electron chi connectivity index (χ0n) is 23.5. The average Bonchev–Trinajstić information content (AvgIpc) is 3.80. The minimum absolute atomic E-state index is 0. The number of aryl methyl sites for hydroxylation is 1. The fraction of sp³-hybridized carbons (Fsp3) is 0.0541. The third-order valence-corrected chi connectivity index (χ3v) is 7.17. The molecule has 0 fully saturated rings. The van der Waals surface area contributed by atoms with Crippen LogP contribution < -0.4 is 33.1 Å². The summed E-state index contributed by atoms with van der Waals surface area (Å²) in [7, 11) is 2.01. The number of hydrogen-bond acceptors (Lipinski definition) is 2. The second-order valence-electron chi connectivity index (χ2n) is 10.0. The maximum absolute atomic E-state index is 6.02. The Labute approximate surface area is 274 Å². The molecule has 5 aromatic carbocycles. The average molecular weight is 691 g/mol. The largest absolute Gasteiger partial charge is 1.00 e. The van der Waals surface area contributed by atoms with Gasteiger partial charge in [-0.3, -0.25) is 0 Å². The first kappa shape index (κ1) is 30.4. The molecular formula is C37H33IN5O+. The molecular weight excluding hydrogens is 657 g/mol. The van der Waals surface area contributed by atoms with Crippen molar-refractivity contribution in [2.24, 2.45) is 7.05 Å². The third kappa shape index (κ3) is 6.05. The summed E-state index contributed by atoms with van der Waals surface area (Å²) in [5.74, 6) is 0.917. The summed E-state index contributed by atoms with van der Waals surface area (Å²) >= 11 is 0. The first-order valence-corrected chi connectivity index (χ1v) is 13.9. The summed E-state index contributed by atoms with van der Waals surface area (Å²) in [4.78, 5) is 0. The number of para-hydroxylation sites is 4. The second kappa shape index (κ2) is 13.5. The van der Waals surface area contributed by atoms with Gasteiger partial charge in [0, 0.05) is 10.8 Å². The Morgan fingerprint density at radius 1 is 0.659 bits per heavy atom. The van der Waals surface area contributed by atoms with E-state index in [0.717, 1.165) is 50.4 Å². The van der Waals surface area contributed by atoms with Crippen LogP contribution in [-0.4, -0.2) is 14.3 Å². The minimum Gasteiger partial charge on any atom is -1.00 e. The Morgan fingerprint density at radius 3 is 2.00 bits per heavy atom. The molecule has 0 atom stereocenters. The highest BCUT2D eigenvalue weighted by Gasteiger charge is 2.21. The van der Waals surface area contributed by atoms with Crippen molar-refractivity contribution in [1.29, 1.82) is 0 Å². The summed E-state index contributed by atoms with van der Waals surface area (Å²) in [6.45, 7) is 0. The van der Waals surface area contributed by atoms with Crippen molar-refractivity contribution in [3.8, 4) is 28.5 Å². The predicted octanol–water partition coefficient (Wildman–Crippen LogP) is 4.66. The van der Waals surface area contributed by atoms with Gasteiger partial charge in [0.25, 0.3) is 0 Å². The van der Waals surface area contributed by atoms with E-state index in [9.17, 15) is 0 Å². The summed E-state index contributed by atoms with van der Waals surface area (Å²) < 4.78 is 14.1. The van der Waals surface area contributed by atoms with Gasteiger partial charge in [0.1, 0.15) is 29.4 Å². The van der Waals surface area contributed by atoms with E-state index in [1.165, 1.54) is 0 Å². The van der Waals surface area contributed by atoms with E-state index in [4.69, 9.17) is 9.52 Å². The molecule has 7 heteroatoms. The molecule has 0 aliphatic heterocycles. The molecule has 44 heavy (non-hydrogen) atoms. The quantitative estimate of drug-likeness (QED) is 0.200. The van der Waals surface area contributed by atoms with Crippen LogP contribution in [0.2, 0.25) is 0 Å². The SMILES string of the molecule is C.C[n+]1ccn(-c2cccc3c2oc2ccccc23)c1.[I-].c1ccc(-c2nn(-c3ccccc3)c[n+]2-c2ccccc2)cc1. The number of halogens is 1. The highest BCUT2D eigenvalue weighted by atomic mass is 127. The van der Waals surface area contributed by atoms with E-state index in [-0.39, 0.29) is 31.4 Å². The molecule has 0 unspecified atom stereocenters. The second-order valence-corrected chi connectivity index (χ2v) is 10.0. The van der Waals surface area contributed by atoms with E-state index in [0.29, 0.717) is 0 Å². The van der Waals surface area contributed by atoms with Crippen LogP contribution in [0.15, 0.2) is 163 Å². The topological polar surface area (TPSA) is 43.7 Å². The van der Waals surface area contributed by atoms with Crippen LogP contribution in [0.4, 0.5) is 0 Å². The number of fused-ring (bicyclic) bond motifs is 3. The van der Waals surface area contributed by atoms with E-state index in [1.807, 2.05) is 114 Å². The van der Waals surface area contributed by atoms with E-state index in [1.54, 1.807) is 0 Å². The maximum Gasteiger partial charge on any atom is 0.314 e. The normalized spacial score (nSPS) is 10.5. The van der Waals surface area contributed by atoms with Gasteiger partial charge in [0.2, 0.25) is 12.7 Å². The summed E-state index contributed by atoms with van der Waals surface area (Å²) in [5.41, 5.74) is 6.15. The van der Waals surface area contributed by atoms with Gasteiger partial charge in [-0.05, 0) is 48.5 Å².